The van der Waals surface area contributed by atoms with Crippen molar-refractivity contribution in [2.45, 2.75) is 0 Å². The first kappa shape index (κ1) is 10.2. The lowest BCUT2D eigenvalue weighted by molar-refractivity contribution is -0.123. The number of hydrogen-bond donors (Lipinski definition) is 2. The van der Waals surface area contributed by atoms with Crippen molar-refractivity contribution in [1.29, 1.82) is 0 Å². The molecule has 0 spiro atoms. The first-order valence-electron chi connectivity index (χ1n) is 4.65. The van der Waals surface area contributed by atoms with Gasteiger partial charge in [0, 0.05) is 11.6 Å². The van der Waals surface area contributed by atoms with Gasteiger partial charge in [-0.2, -0.15) is 0 Å². The predicted octanol–water partition coefficient (Wildman–Crippen LogP) is 1.07. The van der Waals surface area contributed by atoms with Gasteiger partial charge in [0.2, 0.25) is 0 Å². The summed E-state index contributed by atoms with van der Waals surface area (Å²) in [6.07, 6.45) is 2.66. The van der Waals surface area contributed by atoms with E-state index in [1.54, 1.807) is 12.1 Å². The number of hydrogen-bond acceptors (Lipinski definition) is 3. The maximum Gasteiger partial charge on any atom is 0.258 e. The lowest BCUT2D eigenvalue weighted by atomic mass is 9.99. The van der Waals surface area contributed by atoms with Gasteiger partial charge in [-0.05, 0) is 11.6 Å². The molecule has 0 fully saturated rings. The van der Waals surface area contributed by atoms with E-state index in [1.165, 1.54) is 18.2 Å². The highest BCUT2D eigenvalue weighted by Crippen LogP contribution is 2.29. The molecule has 16 heavy (non-hydrogen) atoms. The van der Waals surface area contributed by atoms with Gasteiger partial charge in [-0.25, -0.2) is 0 Å². The maximum atomic E-state index is 11.4. The van der Waals surface area contributed by atoms with Crippen LogP contribution in [0.5, 0.6) is 5.75 Å². The summed E-state index contributed by atoms with van der Waals surface area (Å²) in [5.74, 6) is -0.877. The summed E-state index contributed by atoms with van der Waals surface area (Å²) in [5.41, 5.74) is 1.19. The number of nitrogens with one attached hydrogen (secondary N) is 1. The summed E-state index contributed by atoms with van der Waals surface area (Å²) in [6, 6.07) is 4.76. The summed E-state index contributed by atoms with van der Waals surface area (Å²) in [4.78, 5) is 22.5. The Bertz CT molecular complexity index is 529. The van der Waals surface area contributed by atoms with E-state index < -0.39 is 11.8 Å². The van der Waals surface area contributed by atoms with Crippen molar-refractivity contribution in [3.05, 3.63) is 42.0 Å². The van der Waals surface area contributed by atoms with Crippen LogP contribution in [0.3, 0.4) is 0 Å². The maximum absolute atomic E-state index is 11.4. The summed E-state index contributed by atoms with van der Waals surface area (Å²) in [7, 11) is 0. The van der Waals surface area contributed by atoms with Crippen LogP contribution < -0.4 is 5.32 Å². The van der Waals surface area contributed by atoms with Crippen LogP contribution >= 0.6 is 0 Å². The molecule has 1 aliphatic heterocycles. The highest BCUT2D eigenvalue weighted by atomic mass is 16.3. The van der Waals surface area contributed by atoms with Crippen molar-refractivity contribution in [1.82, 2.24) is 5.32 Å². The van der Waals surface area contributed by atoms with Crippen LogP contribution in [-0.2, 0) is 9.59 Å². The van der Waals surface area contributed by atoms with Gasteiger partial charge in [-0.1, -0.05) is 24.8 Å². The summed E-state index contributed by atoms with van der Waals surface area (Å²) in [6.45, 7) is 3.56. The van der Waals surface area contributed by atoms with Crippen LogP contribution in [0.4, 0.5) is 0 Å². The number of amides is 2. The van der Waals surface area contributed by atoms with Gasteiger partial charge in [0.1, 0.15) is 5.75 Å². The molecule has 0 unspecified atom stereocenters. The highest BCUT2D eigenvalue weighted by Gasteiger charge is 2.24. The molecule has 4 heteroatoms. The van der Waals surface area contributed by atoms with Crippen molar-refractivity contribution in [3.63, 3.8) is 0 Å². The topological polar surface area (TPSA) is 66.4 Å². The Hall–Kier alpha value is -2.36. The molecule has 2 N–H and O–H groups in total. The number of phenolic OH excluding ortho intramolecular Hbond substituents is 1. The lowest BCUT2D eigenvalue weighted by Crippen LogP contribution is -2.21. The minimum atomic E-state index is -0.460. The van der Waals surface area contributed by atoms with Crippen LogP contribution in [0.25, 0.3) is 11.6 Å². The molecule has 0 aromatic heterocycles. The van der Waals surface area contributed by atoms with Crippen molar-refractivity contribution in [2.75, 3.05) is 0 Å². The molecule has 0 bridgehead atoms. The fourth-order valence-corrected chi connectivity index (χ4v) is 1.61. The molecule has 2 amide bonds. The Morgan fingerprint density at radius 1 is 1.31 bits per heavy atom. The third-order valence-corrected chi connectivity index (χ3v) is 2.33. The molecule has 2 rings (SSSR count). The average molecular weight is 215 g/mol. The molecule has 1 aliphatic rings. The number of benzene rings is 1. The molecule has 1 aromatic rings. The minimum Gasteiger partial charge on any atom is -0.507 e. The van der Waals surface area contributed by atoms with Crippen molar-refractivity contribution < 1.29 is 14.7 Å². The van der Waals surface area contributed by atoms with Crippen molar-refractivity contribution >= 4 is 23.5 Å². The predicted molar refractivity (Wildman–Crippen MR) is 59.3 cm³/mol. The molecule has 0 atom stereocenters. The van der Waals surface area contributed by atoms with E-state index in [9.17, 15) is 14.7 Å². The van der Waals surface area contributed by atoms with E-state index in [2.05, 4.69) is 11.9 Å². The second-order valence-electron chi connectivity index (χ2n) is 3.32. The smallest absolute Gasteiger partial charge is 0.258 e. The van der Waals surface area contributed by atoms with Crippen LogP contribution in [0.15, 0.2) is 30.9 Å². The third kappa shape index (κ3) is 1.50. The molecule has 0 aliphatic carbocycles. The number of carbonyl (C=O) groups is 2. The van der Waals surface area contributed by atoms with Gasteiger partial charge in [0.15, 0.2) is 0 Å². The molecule has 0 saturated heterocycles. The minimum absolute atomic E-state index is 0.0283. The Balaban J connectivity index is 2.61. The zero-order valence-electron chi connectivity index (χ0n) is 8.36. The fraction of sp³-hybridized carbons (Fsp3) is 0. The van der Waals surface area contributed by atoms with Crippen LogP contribution in [-0.4, -0.2) is 16.9 Å². The number of imide groups is 1. The lowest BCUT2D eigenvalue weighted by Gasteiger charge is -2.06. The second kappa shape index (κ2) is 3.66. The Morgan fingerprint density at radius 3 is 2.62 bits per heavy atom. The van der Waals surface area contributed by atoms with Crippen LogP contribution in [0.2, 0.25) is 0 Å². The van der Waals surface area contributed by atoms with E-state index >= 15 is 0 Å². The molecule has 0 radical (unpaired) electrons. The van der Waals surface area contributed by atoms with Crippen LogP contribution in [0.1, 0.15) is 11.1 Å². The van der Waals surface area contributed by atoms with Crippen LogP contribution in [0, 0.1) is 0 Å². The Morgan fingerprint density at radius 2 is 2.06 bits per heavy atom. The average Bonchev–Trinajstić information content (AvgIpc) is 2.57. The number of carbonyl (C=O) groups excluding carboxylic acids is 2. The zero-order valence-corrected chi connectivity index (χ0v) is 8.36. The molecule has 1 heterocycles. The second-order valence-corrected chi connectivity index (χ2v) is 3.32. The van der Waals surface area contributed by atoms with Gasteiger partial charge >= 0.3 is 0 Å². The molecule has 0 saturated carbocycles. The van der Waals surface area contributed by atoms with Crippen molar-refractivity contribution in [3.8, 4) is 5.75 Å². The van der Waals surface area contributed by atoms with E-state index in [4.69, 9.17) is 0 Å². The summed E-state index contributed by atoms with van der Waals surface area (Å²) < 4.78 is 0. The Labute approximate surface area is 91.9 Å². The third-order valence-electron chi connectivity index (χ3n) is 2.33. The van der Waals surface area contributed by atoms with E-state index in [0.717, 1.165) is 0 Å². The normalized spacial score (nSPS) is 14.6. The summed E-state index contributed by atoms with van der Waals surface area (Å²) in [5, 5.41) is 11.7. The van der Waals surface area contributed by atoms with E-state index in [-0.39, 0.29) is 11.3 Å². The molecule has 80 valence electrons. The molecule has 4 nitrogen and oxygen atoms in total. The number of aromatic hydroxyl groups is 1. The van der Waals surface area contributed by atoms with Gasteiger partial charge in [0.05, 0.1) is 5.57 Å². The fourth-order valence-electron chi connectivity index (χ4n) is 1.61. The van der Waals surface area contributed by atoms with Gasteiger partial charge < -0.3 is 5.11 Å². The SMILES string of the molecule is C=Cc1c(O)cccc1C1=CC(=O)NC1=O. The van der Waals surface area contributed by atoms with E-state index in [1.807, 2.05) is 0 Å². The highest BCUT2D eigenvalue weighted by molar-refractivity contribution is 6.34. The first-order valence-corrected chi connectivity index (χ1v) is 4.65. The zero-order chi connectivity index (χ0) is 11.7. The van der Waals surface area contributed by atoms with Crippen molar-refractivity contribution in [2.24, 2.45) is 0 Å². The standard InChI is InChI=1S/C12H9NO3/c1-2-7-8(4-3-5-10(7)14)9-6-11(15)13-12(9)16/h2-6,14H,1H2,(H,13,15,16). The van der Waals surface area contributed by atoms with Gasteiger partial charge in [0.25, 0.3) is 11.8 Å². The molecule has 1 aromatic carbocycles. The number of rotatable bonds is 2. The molecular formula is C12H9NO3. The summed E-state index contributed by atoms with van der Waals surface area (Å²) >= 11 is 0. The monoisotopic (exact) mass is 215 g/mol. The largest absolute Gasteiger partial charge is 0.507 e. The first-order chi connectivity index (χ1) is 7.63. The van der Waals surface area contributed by atoms with Gasteiger partial charge in [-0.15, -0.1) is 0 Å². The quantitative estimate of drug-likeness (QED) is 0.725. The van der Waals surface area contributed by atoms with Gasteiger partial charge in [-0.3, -0.25) is 14.9 Å². The molecular weight excluding hydrogens is 206 g/mol. The number of phenols is 1. The Kier molecular flexibility index (Phi) is 2.32. The van der Waals surface area contributed by atoms with E-state index in [0.29, 0.717) is 11.1 Å².